The maximum absolute atomic E-state index is 11.1. The summed E-state index contributed by atoms with van der Waals surface area (Å²) in [6.07, 6.45) is 4.35. The van der Waals surface area contributed by atoms with Gasteiger partial charge < -0.3 is 29.7 Å². The first-order valence-electron chi connectivity index (χ1n) is 10.7. The Hall–Kier alpha value is -1.99. The predicted octanol–water partition coefficient (Wildman–Crippen LogP) is 3.49. The van der Waals surface area contributed by atoms with E-state index in [0.29, 0.717) is 13.2 Å². The number of benzene rings is 1. The van der Waals surface area contributed by atoms with Crippen molar-refractivity contribution in [2.45, 2.75) is 77.5 Å². The van der Waals surface area contributed by atoms with Crippen molar-refractivity contribution in [1.29, 1.82) is 0 Å². The number of nitrogens with zero attached hydrogens (tertiary/aromatic N) is 1. The first-order chi connectivity index (χ1) is 13.8. The first-order valence-corrected chi connectivity index (χ1v) is 10.7. The van der Waals surface area contributed by atoms with Crippen LogP contribution in [0.5, 0.6) is 5.75 Å². The van der Waals surface area contributed by atoms with Crippen LogP contribution < -0.4 is 20.3 Å². The summed E-state index contributed by atoms with van der Waals surface area (Å²) in [5, 5.41) is 6.29. The maximum atomic E-state index is 11.1. The number of carbonyl (C=O) groups is 1. The molecule has 7 heteroatoms. The lowest BCUT2D eigenvalue weighted by molar-refractivity contribution is -0.120. The Kier molecular flexibility index (Phi) is 6.90. The smallest absolute Gasteiger partial charge is 0.217 e. The number of hydrogen-bond acceptors (Lipinski definition) is 6. The molecule has 3 rings (SSSR count). The quantitative estimate of drug-likeness (QED) is 0.690. The normalized spacial score (nSPS) is 27.1. The van der Waals surface area contributed by atoms with Gasteiger partial charge in [-0.05, 0) is 51.7 Å². The molecule has 0 aromatic heterocycles. The summed E-state index contributed by atoms with van der Waals surface area (Å²) >= 11 is 0. The number of rotatable bonds is 8. The van der Waals surface area contributed by atoms with Gasteiger partial charge in [-0.1, -0.05) is 0 Å². The van der Waals surface area contributed by atoms with E-state index in [2.05, 4.69) is 27.7 Å². The van der Waals surface area contributed by atoms with Crippen LogP contribution in [0.2, 0.25) is 0 Å². The lowest BCUT2D eigenvalue weighted by Crippen LogP contribution is -2.48. The van der Waals surface area contributed by atoms with E-state index in [1.807, 2.05) is 33.9 Å². The van der Waals surface area contributed by atoms with Crippen molar-refractivity contribution in [3.63, 3.8) is 0 Å². The summed E-state index contributed by atoms with van der Waals surface area (Å²) in [6, 6.07) is 6.21. The molecule has 1 aliphatic carbocycles. The summed E-state index contributed by atoms with van der Waals surface area (Å²) in [5.41, 5.74) is 2.14. The summed E-state index contributed by atoms with van der Waals surface area (Å²) in [5.74, 6) is 0.344. The average molecular weight is 406 g/mol. The molecule has 1 unspecified atom stereocenters. The fourth-order valence-corrected chi connectivity index (χ4v) is 4.12. The molecule has 7 nitrogen and oxygen atoms in total. The molecule has 0 saturated heterocycles. The van der Waals surface area contributed by atoms with Gasteiger partial charge in [0.05, 0.1) is 30.2 Å². The molecule has 1 heterocycles. The molecule has 2 atom stereocenters. The Bertz CT molecular complexity index is 705. The monoisotopic (exact) mass is 405 g/mol. The molecule has 29 heavy (non-hydrogen) atoms. The molecule has 2 N–H and O–H groups in total. The second kappa shape index (κ2) is 9.22. The van der Waals surface area contributed by atoms with E-state index in [-0.39, 0.29) is 24.2 Å². The zero-order chi connectivity index (χ0) is 21.0. The molecular formula is C22H35N3O4. The zero-order valence-electron chi connectivity index (χ0n) is 18.3. The van der Waals surface area contributed by atoms with Crippen molar-refractivity contribution in [3.8, 4) is 5.75 Å². The Labute approximate surface area is 174 Å². The van der Waals surface area contributed by atoms with Gasteiger partial charge in [0, 0.05) is 39.6 Å². The lowest BCUT2D eigenvalue weighted by Gasteiger charge is -2.33. The topological polar surface area (TPSA) is 72.1 Å². The highest BCUT2D eigenvalue weighted by molar-refractivity contribution is 5.78. The molecule has 162 valence electrons. The van der Waals surface area contributed by atoms with E-state index in [9.17, 15) is 4.79 Å². The minimum Gasteiger partial charge on any atom is -0.490 e. The van der Waals surface area contributed by atoms with Crippen LogP contribution >= 0.6 is 0 Å². The second-order valence-corrected chi connectivity index (χ2v) is 8.23. The first kappa shape index (κ1) is 21.7. The average Bonchev–Trinajstić information content (AvgIpc) is 2.91. The molecule has 1 fully saturated rings. The Morgan fingerprint density at radius 3 is 2.66 bits per heavy atom. The number of hydrogen-bond donors (Lipinski definition) is 2. The van der Waals surface area contributed by atoms with Crippen LogP contribution in [-0.2, 0) is 14.3 Å². The molecular weight excluding hydrogens is 370 g/mol. The van der Waals surface area contributed by atoms with Crippen molar-refractivity contribution in [2.75, 3.05) is 30.5 Å². The predicted molar refractivity (Wildman–Crippen MR) is 114 cm³/mol. The number of carbonyl (C=O) groups excluding carboxylic acids is 1. The lowest BCUT2D eigenvalue weighted by atomic mass is 9.95. The number of fused-ring (bicyclic) bond motifs is 1. The van der Waals surface area contributed by atoms with Crippen molar-refractivity contribution in [1.82, 2.24) is 5.32 Å². The summed E-state index contributed by atoms with van der Waals surface area (Å²) < 4.78 is 18.1. The van der Waals surface area contributed by atoms with Crippen molar-refractivity contribution in [2.24, 2.45) is 0 Å². The van der Waals surface area contributed by atoms with Crippen molar-refractivity contribution >= 4 is 17.3 Å². The molecule has 0 spiro atoms. The van der Waals surface area contributed by atoms with E-state index in [4.69, 9.17) is 14.2 Å². The number of anilines is 2. The third-order valence-corrected chi connectivity index (χ3v) is 5.72. The van der Waals surface area contributed by atoms with Gasteiger partial charge >= 0.3 is 0 Å². The van der Waals surface area contributed by atoms with Gasteiger partial charge in [-0.25, -0.2) is 0 Å². The maximum Gasteiger partial charge on any atom is 0.217 e. The summed E-state index contributed by atoms with van der Waals surface area (Å²) in [4.78, 5) is 13.2. The van der Waals surface area contributed by atoms with E-state index >= 15 is 0 Å². The second-order valence-electron chi connectivity index (χ2n) is 8.23. The van der Waals surface area contributed by atoms with Gasteiger partial charge in [0.25, 0.3) is 0 Å². The SMILES string of the molecule is CCOC1(C)Nc2ccc(OC3CCC(OC[C@H](C)NC(C)=O)CC3)cc2N1C. The van der Waals surface area contributed by atoms with Gasteiger partial charge in [0.2, 0.25) is 11.8 Å². The highest BCUT2D eigenvalue weighted by atomic mass is 16.5. The molecule has 1 aromatic carbocycles. The van der Waals surface area contributed by atoms with Crippen LogP contribution in [-0.4, -0.2) is 50.3 Å². The Morgan fingerprint density at radius 2 is 2.00 bits per heavy atom. The Morgan fingerprint density at radius 1 is 1.31 bits per heavy atom. The van der Waals surface area contributed by atoms with E-state index in [0.717, 1.165) is 42.8 Å². The van der Waals surface area contributed by atoms with Gasteiger partial charge in [-0.3, -0.25) is 4.79 Å². The van der Waals surface area contributed by atoms with Crippen LogP contribution in [0.3, 0.4) is 0 Å². The summed E-state index contributed by atoms with van der Waals surface area (Å²) in [6.45, 7) is 8.72. The van der Waals surface area contributed by atoms with Crippen LogP contribution in [0.15, 0.2) is 18.2 Å². The van der Waals surface area contributed by atoms with Crippen LogP contribution in [0, 0.1) is 0 Å². The third kappa shape index (κ3) is 5.34. The van der Waals surface area contributed by atoms with Gasteiger partial charge in [0.15, 0.2) is 0 Å². The largest absolute Gasteiger partial charge is 0.490 e. The molecule has 0 radical (unpaired) electrons. The molecule has 2 aliphatic rings. The highest BCUT2D eigenvalue weighted by Gasteiger charge is 2.38. The fourth-order valence-electron chi connectivity index (χ4n) is 4.12. The third-order valence-electron chi connectivity index (χ3n) is 5.72. The van der Waals surface area contributed by atoms with Gasteiger partial charge in [-0.2, -0.15) is 0 Å². The Balaban J connectivity index is 1.48. The van der Waals surface area contributed by atoms with Crippen LogP contribution in [0.4, 0.5) is 11.4 Å². The van der Waals surface area contributed by atoms with E-state index in [1.165, 1.54) is 6.92 Å². The van der Waals surface area contributed by atoms with Crippen LogP contribution in [0.1, 0.15) is 53.4 Å². The van der Waals surface area contributed by atoms with Gasteiger partial charge in [0.1, 0.15) is 5.75 Å². The molecule has 1 aromatic rings. The summed E-state index contributed by atoms with van der Waals surface area (Å²) in [7, 11) is 2.03. The highest BCUT2D eigenvalue weighted by Crippen LogP contribution is 2.41. The standard InChI is InChI=1S/C22H35N3O4/c1-6-28-22(4)24-20-12-11-19(13-21(20)25(22)5)29-18-9-7-17(8-10-18)27-14-15(2)23-16(3)26/h11-13,15,17-18,24H,6-10,14H2,1-5H3,(H,23,26)/t15-,17?,18?,22?/m0/s1. The number of ether oxygens (including phenoxy) is 3. The zero-order valence-corrected chi connectivity index (χ0v) is 18.3. The van der Waals surface area contributed by atoms with E-state index < -0.39 is 5.85 Å². The van der Waals surface area contributed by atoms with E-state index in [1.54, 1.807) is 0 Å². The van der Waals surface area contributed by atoms with Crippen molar-refractivity contribution < 1.29 is 19.0 Å². The number of nitrogens with one attached hydrogen (secondary N) is 2. The van der Waals surface area contributed by atoms with Crippen LogP contribution in [0.25, 0.3) is 0 Å². The minimum atomic E-state index is -0.528. The van der Waals surface area contributed by atoms with Crippen molar-refractivity contribution in [3.05, 3.63) is 18.2 Å². The molecule has 1 amide bonds. The fraction of sp³-hybridized carbons (Fsp3) is 0.682. The minimum absolute atomic E-state index is 0.0185. The molecule has 1 aliphatic heterocycles. The molecule has 1 saturated carbocycles. The van der Waals surface area contributed by atoms with Gasteiger partial charge in [-0.15, -0.1) is 0 Å². The molecule has 0 bridgehead atoms. The number of amides is 1.